The average Bonchev–Trinajstić information content (AvgIpc) is 2.51. The van der Waals surface area contributed by atoms with Gasteiger partial charge in [0.05, 0.1) is 11.9 Å². The molecule has 0 saturated carbocycles. The summed E-state index contributed by atoms with van der Waals surface area (Å²) in [7, 11) is 2.01. The van der Waals surface area contributed by atoms with E-state index in [-0.39, 0.29) is 5.82 Å². The average molecular weight is 307 g/mol. The molecule has 3 rings (SSSR count). The highest BCUT2D eigenvalue weighted by atomic mass is 19.1. The van der Waals surface area contributed by atoms with Crippen molar-refractivity contribution in [1.82, 2.24) is 9.97 Å². The molecule has 0 atom stereocenters. The largest absolute Gasteiger partial charge is 0.394 e. The maximum Gasteiger partial charge on any atom is 0.229 e. The minimum Gasteiger partial charge on any atom is -0.394 e. The maximum atomic E-state index is 13.3. The quantitative estimate of drug-likeness (QED) is 0.642. The molecule has 0 amide bonds. The van der Waals surface area contributed by atoms with E-state index in [1.165, 1.54) is 18.3 Å². The van der Waals surface area contributed by atoms with Gasteiger partial charge in [0.1, 0.15) is 13.7 Å². The molecule has 0 aliphatic carbocycles. The molecule has 0 aliphatic heterocycles. The van der Waals surface area contributed by atoms with E-state index in [0.717, 1.165) is 11.2 Å². The number of nitrogen functional groups attached to an aromatic ring is 1. The molecule has 0 saturated heterocycles. The predicted octanol–water partition coefficient (Wildman–Crippen LogP) is 1.94. The van der Waals surface area contributed by atoms with E-state index >= 15 is 0 Å². The number of aromatic nitrogens is 2. The highest BCUT2D eigenvalue weighted by molar-refractivity contribution is 6.32. The molecule has 2 aromatic carbocycles. The Hall–Kier alpha value is -3.09. The van der Waals surface area contributed by atoms with Crippen LogP contribution in [0.5, 0.6) is 0 Å². The highest BCUT2D eigenvalue weighted by Gasteiger charge is 2.06. The van der Waals surface area contributed by atoms with Gasteiger partial charge in [0.25, 0.3) is 0 Å². The van der Waals surface area contributed by atoms with E-state index in [2.05, 4.69) is 20.6 Å². The summed E-state index contributed by atoms with van der Waals surface area (Å²) in [5, 5.41) is 6.11. The lowest BCUT2D eigenvalue weighted by atomic mass is 9.96. The Morgan fingerprint density at radius 1 is 1.00 bits per heavy atom. The van der Waals surface area contributed by atoms with Crippen molar-refractivity contribution in [1.29, 1.82) is 0 Å². The zero-order valence-electron chi connectivity index (χ0n) is 12.5. The van der Waals surface area contributed by atoms with Crippen LogP contribution in [0.2, 0.25) is 0 Å². The van der Waals surface area contributed by atoms with Gasteiger partial charge in [0, 0.05) is 11.4 Å². The lowest BCUT2D eigenvalue weighted by Crippen LogP contribution is -2.06. The van der Waals surface area contributed by atoms with Crippen molar-refractivity contribution in [3.8, 4) is 0 Å². The van der Waals surface area contributed by atoms with Gasteiger partial charge >= 0.3 is 0 Å². The fraction of sp³-hybridized carbons (Fsp3) is 0. The van der Waals surface area contributed by atoms with E-state index < -0.39 is 0 Å². The van der Waals surface area contributed by atoms with Crippen LogP contribution in [0.3, 0.4) is 0 Å². The Morgan fingerprint density at radius 2 is 1.74 bits per heavy atom. The first-order valence-corrected chi connectivity index (χ1v) is 7.09. The smallest absolute Gasteiger partial charge is 0.229 e. The molecule has 1 aromatic heterocycles. The molecule has 0 radical (unpaired) electrons. The van der Waals surface area contributed by atoms with Crippen molar-refractivity contribution in [3.63, 3.8) is 0 Å². The van der Waals surface area contributed by atoms with Crippen LogP contribution in [0.15, 0.2) is 54.7 Å². The van der Waals surface area contributed by atoms with E-state index in [0.29, 0.717) is 23.1 Å². The second kappa shape index (κ2) is 6.35. The summed E-state index contributed by atoms with van der Waals surface area (Å²) < 4.78 is 13.3. The molecule has 1 heterocycles. The summed E-state index contributed by atoms with van der Waals surface area (Å²) in [6.07, 6.45) is 1.51. The van der Waals surface area contributed by atoms with Crippen molar-refractivity contribution < 1.29 is 4.39 Å². The third-order valence-corrected chi connectivity index (χ3v) is 3.18. The van der Waals surface area contributed by atoms with Gasteiger partial charge in [0.15, 0.2) is 5.82 Å². The molecule has 4 N–H and O–H groups in total. The van der Waals surface area contributed by atoms with Gasteiger partial charge in [-0.1, -0.05) is 23.7 Å². The van der Waals surface area contributed by atoms with E-state index in [1.54, 1.807) is 12.1 Å². The SMILES string of the molecule is Bc1cccc(Nc2ncc(N)c(Nc3cccc(F)c3)n2)c1. The zero-order chi connectivity index (χ0) is 16.2. The molecular formula is C16H15BFN5. The fourth-order valence-corrected chi connectivity index (χ4v) is 2.11. The van der Waals surface area contributed by atoms with E-state index in [9.17, 15) is 4.39 Å². The van der Waals surface area contributed by atoms with Crippen molar-refractivity contribution in [2.75, 3.05) is 16.4 Å². The van der Waals surface area contributed by atoms with E-state index in [1.807, 2.05) is 32.1 Å². The van der Waals surface area contributed by atoms with Crippen LogP contribution in [0.1, 0.15) is 0 Å². The first kappa shape index (κ1) is 14.8. The van der Waals surface area contributed by atoms with Crippen LogP contribution >= 0.6 is 0 Å². The van der Waals surface area contributed by atoms with E-state index in [4.69, 9.17) is 5.73 Å². The number of nitrogens with two attached hydrogens (primary N) is 1. The lowest BCUT2D eigenvalue weighted by Gasteiger charge is -2.11. The number of hydrogen-bond donors (Lipinski definition) is 3. The molecular weight excluding hydrogens is 292 g/mol. The predicted molar refractivity (Wildman–Crippen MR) is 94.0 cm³/mol. The number of benzene rings is 2. The Balaban J connectivity index is 1.84. The van der Waals surface area contributed by atoms with Crippen LogP contribution in [0.4, 0.5) is 33.2 Å². The maximum absolute atomic E-state index is 13.3. The molecule has 0 fully saturated rings. The number of halogens is 1. The topological polar surface area (TPSA) is 75.9 Å². The van der Waals surface area contributed by atoms with Crippen LogP contribution in [0.25, 0.3) is 0 Å². The Morgan fingerprint density at radius 3 is 2.48 bits per heavy atom. The van der Waals surface area contributed by atoms with Crippen LogP contribution in [-0.2, 0) is 0 Å². The second-order valence-corrected chi connectivity index (χ2v) is 5.13. The van der Waals surface area contributed by atoms with Crippen molar-refractivity contribution in [3.05, 3.63) is 60.5 Å². The molecule has 3 aromatic rings. The number of nitrogens with one attached hydrogen (secondary N) is 2. The summed E-state index contributed by atoms with van der Waals surface area (Å²) in [6, 6.07) is 14.0. The van der Waals surface area contributed by atoms with Gasteiger partial charge in [-0.2, -0.15) is 4.98 Å². The molecule has 23 heavy (non-hydrogen) atoms. The minimum absolute atomic E-state index is 0.333. The third kappa shape index (κ3) is 3.76. The van der Waals surface area contributed by atoms with Gasteiger partial charge in [0.2, 0.25) is 5.95 Å². The number of anilines is 5. The monoisotopic (exact) mass is 307 g/mol. The molecule has 0 spiro atoms. The molecule has 114 valence electrons. The molecule has 0 bridgehead atoms. The summed E-state index contributed by atoms with van der Waals surface area (Å²) in [5.41, 5.74) is 8.84. The molecule has 7 heteroatoms. The Labute approximate surface area is 134 Å². The van der Waals surface area contributed by atoms with Crippen LogP contribution in [-0.4, -0.2) is 17.8 Å². The molecule has 0 aliphatic rings. The van der Waals surface area contributed by atoms with Crippen molar-refractivity contribution in [2.24, 2.45) is 0 Å². The Bertz CT molecular complexity index is 840. The standard InChI is InChI=1S/C16H15BFN5/c17-10-3-1-5-12(7-10)22-16-20-9-14(19)15(23-16)21-13-6-2-4-11(18)8-13/h1-9H,17,19H2,(H2,20,21,22,23). The van der Waals surface area contributed by atoms with Crippen LogP contribution in [0, 0.1) is 5.82 Å². The normalized spacial score (nSPS) is 10.3. The Kier molecular flexibility index (Phi) is 4.10. The molecule has 5 nitrogen and oxygen atoms in total. The summed E-state index contributed by atoms with van der Waals surface area (Å²) in [4.78, 5) is 8.50. The van der Waals surface area contributed by atoms with Gasteiger partial charge in [-0.15, -0.1) is 0 Å². The summed E-state index contributed by atoms with van der Waals surface area (Å²) in [5.74, 6) is 0.491. The van der Waals surface area contributed by atoms with Crippen molar-refractivity contribution in [2.45, 2.75) is 0 Å². The van der Waals surface area contributed by atoms with Crippen LogP contribution < -0.4 is 21.8 Å². The first-order valence-electron chi connectivity index (χ1n) is 7.09. The van der Waals surface area contributed by atoms with Gasteiger partial charge in [-0.25, -0.2) is 9.37 Å². The number of rotatable bonds is 4. The van der Waals surface area contributed by atoms with Gasteiger partial charge in [-0.3, -0.25) is 0 Å². The summed E-state index contributed by atoms with van der Waals surface area (Å²) >= 11 is 0. The minimum atomic E-state index is -0.333. The van der Waals surface area contributed by atoms with Gasteiger partial charge in [-0.05, 0) is 30.3 Å². The zero-order valence-corrected chi connectivity index (χ0v) is 12.5. The third-order valence-electron chi connectivity index (χ3n) is 3.18. The number of hydrogen-bond acceptors (Lipinski definition) is 5. The van der Waals surface area contributed by atoms with Gasteiger partial charge < -0.3 is 16.4 Å². The van der Waals surface area contributed by atoms with Crippen molar-refractivity contribution >= 4 is 42.1 Å². The second-order valence-electron chi connectivity index (χ2n) is 5.13. The number of nitrogens with zero attached hydrogens (tertiary/aromatic N) is 2. The first-order chi connectivity index (χ1) is 11.1. The summed E-state index contributed by atoms with van der Waals surface area (Å²) in [6.45, 7) is 0. The fourth-order valence-electron chi connectivity index (χ4n) is 2.11. The highest BCUT2D eigenvalue weighted by Crippen LogP contribution is 2.22. The lowest BCUT2D eigenvalue weighted by molar-refractivity contribution is 0.628. The molecule has 0 unspecified atom stereocenters.